The van der Waals surface area contributed by atoms with E-state index in [0.29, 0.717) is 36.1 Å². The van der Waals surface area contributed by atoms with E-state index in [1.54, 1.807) is 16.7 Å². The molecule has 1 amide bonds. The van der Waals surface area contributed by atoms with E-state index >= 15 is 0 Å². The molecule has 168 valence electrons. The summed E-state index contributed by atoms with van der Waals surface area (Å²) in [6.45, 7) is 7.83. The van der Waals surface area contributed by atoms with Gasteiger partial charge in [-0.25, -0.2) is 9.18 Å². The molecule has 0 bridgehead atoms. The van der Waals surface area contributed by atoms with Crippen molar-refractivity contribution in [2.24, 2.45) is 0 Å². The summed E-state index contributed by atoms with van der Waals surface area (Å²) in [6, 6.07) is 5.25. The molecule has 0 radical (unpaired) electrons. The van der Waals surface area contributed by atoms with Gasteiger partial charge in [0.1, 0.15) is 31.8 Å². The summed E-state index contributed by atoms with van der Waals surface area (Å²) in [5.74, 6) is -0.404. The number of hydrogen-bond acceptors (Lipinski definition) is 4. The minimum absolute atomic E-state index is 0.0955. The number of nitrogens with zero attached hydrogens (tertiary/aromatic N) is 2. The van der Waals surface area contributed by atoms with E-state index in [1.165, 1.54) is 12.1 Å². The van der Waals surface area contributed by atoms with Crippen LogP contribution in [0.15, 0.2) is 29.1 Å². The van der Waals surface area contributed by atoms with Gasteiger partial charge in [0.15, 0.2) is 11.6 Å². The predicted octanol–water partition coefficient (Wildman–Crippen LogP) is 2.09. The zero-order chi connectivity index (χ0) is 22.6. The first kappa shape index (κ1) is 21.6. The van der Waals surface area contributed by atoms with Crippen molar-refractivity contribution in [1.82, 2.24) is 9.88 Å². The fourth-order valence-electron chi connectivity index (χ4n) is 5.12. The van der Waals surface area contributed by atoms with Gasteiger partial charge in [-0.2, -0.15) is 0 Å². The normalized spacial score (nSPS) is 28.2. The number of amides is 1. The van der Waals surface area contributed by atoms with Crippen LogP contribution >= 0.6 is 0 Å². The summed E-state index contributed by atoms with van der Waals surface area (Å²) in [6.07, 6.45) is -1.54. The highest BCUT2D eigenvalue weighted by atomic mass is 19.1. The SMILES string of the molecule is CC(C)(C)[N+]1(C[C@@H]2COc3c(F)ccc4ccc(=O)n2c34)CC[C@H](NC(=O)O)[C@H](O)C1. The van der Waals surface area contributed by atoms with Crippen molar-refractivity contribution in [3.63, 3.8) is 0 Å². The summed E-state index contributed by atoms with van der Waals surface area (Å²) in [5, 5.41) is 22.9. The number of carboxylic acid groups (broad SMARTS) is 1. The quantitative estimate of drug-likeness (QED) is 0.643. The largest absolute Gasteiger partial charge is 0.486 e. The van der Waals surface area contributed by atoms with Crippen molar-refractivity contribution < 1.29 is 28.6 Å². The van der Waals surface area contributed by atoms with Gasteiger partial charge in [-0.3, -0.25) is 9.36 Å². The zero-order valence-electron chi connectivity index (χ0n) is 18.0. The number of piperidine rings is 1. The van der Waals surface area contributed by atoms with Crippen molar-refractivity contribution in [2.45, 2.75) is 50.9 Å². The van der Waals surface area contributed by atoms with Crippen LogP contribution in [0.5, 0.6) is 5.75 Å². The van der Waals surface area contributed by atoms with Gasteiger partial charge >= 0.3 is 6.09 Å². The molecular formula is C22H29FN3O5+. The number of halogens is 1. The average molecular weight is 434 g/mol. The lowest BCUT2D eigenvalue weighted by atomic mass is 9.90. The topological polar surface area (TPSA) is 101 Å². The van der Waals surface area contributed by atoms with Gasteiger partial charge in [0.2, 0.25) is 0 Å². The Morgan fingerprint density at radius 1 is 1.32 bits per heavy atom. The number of benzene rings is 1. The van der Waals surface area contributed by atoms with Crippen molar-refractivity contribution >= 4 is 17.0 Å². The Balaban J connectivity index is 1.73. The molecule has 3 N–H and O–H groups in total. The molecular weight excluding hydrogens is 405 g/mol. The van der Waals surface area contributed by atoms with E-state index in [0.717, 1.165) is 5.39 Å². The van der Waals surface area contributed by atoms with Gasteiger partial charge in [-0.05, 0) is 39.0 Å². The van der Waals surface area contributed by atoms with Gasteiger partial charge in [0.05, 0.1) is 23.6 Å². The van der Waals surface area contributed by atoms with Gasteiger partial charge in [-0.1, -0.05) is 0 Å². The third kappa shape index (κ3) is 3.65. The Morgan fingerprint density at radius 3 is 2.68 bits per heavy atom. The van der Waals surface area contributed by atoms with E-state index < -0.39 is 24.1 Å². The number of pyridine rings is 1. The molecule has 2 aliphatic heterocycles. The predicted molar refractivity (Wildman–Crippen MR) is 113 cm³/mol. The highest BCUT2D eigenvalue weighted by molar-refractivity contribution is 5.85. The van der Waals surface area contributed by atoms with Crippen molar-refractivity contribution in [3.05, 3.63) is 40.4 Å². The van der Waals surface area contributed by atoms with Crippen LogP contribution < -0.4 is 15.6 Å². The molecule has 1 saturated heterocycles. The summed E-state index contributed by atoms with van der Waals surface area (Å²) in [5.41, 5.74) is -0.0454. The Kier molecular flexibility index (Phi) is 5.21. The minimum atomic E-state index is -1.16. The average Bonchev–Trinajstić information content (AvgIpc) is 2.68. The van der Waals surface area contributed by atoms with Crippen LogP contribution in [-0.4, -0.2) is 69.3 Å². The number of carbonyl (C=O) groups is 1. The number of aliphatic hydroxyl groups is 1. The molecule has 0 spiro atoms. The highest BCUT2D eigenvalue weighted by Gasteiger charge is 2.49. The maximum absolute atomic E-state index is 14.4. The van der Waals surface area contributed by atoms with Gasteiger partial charge in [-0.15, -0.1) is 0 Å². The second-order valence-electron chi connectivity index (χ2n) is 9.64. The standard InChI is InChI=1S/C22H28FN3O5/c1-22(2,3)26(9-8-16(17(27)11-26)24-21(29)30)10-14-12-31-20-15(23)6-4-13-5-7-18(28)25(14)19(13)20/h4-7,14,16-17,24,27H,8-12H2,1-3H3/p+1/t14-,16+,17-,26?/m1/s1. The van der Waals surface area contributed by atoms with Gasteiger partial charge in [0.25, 0.3) is 5.56 Å². The zero-order valence-corrected chi connectivity index (χ0v) is 18.0. The minimum Gasteiger partial charge on any atom is -0.486 e. The van der Waals surface area contributed by atoms with E-state index in [9.17, 15) is 19.1 Å². The Labute approximate surface area is 179 Å². The smallest absolute Gasteiger partial charge is 0.404 e. The molecule has 1 fully saturated rings. The van der Waals surface area contributed by atoms with Crippen molar-refractivity contribution in [1.29, 1.82) is 0 Å². The fourth-order valence-corrected chi connectivity index (χ4v) is 5.12. The molecule has 2 aromatic rings. The number of nitrogens with one attached hydrogen (secondary N) is 1. The van der Waals surface area contributed by atoms with Crippen LogP contribution in [0, 0.1) is 5.82 Å². The number of aliphatic hydroxyl groups excluding tert-OH is 1. The number of likely N-dealkylation sites (tertiary alicyclic amines) is 1. The Bertz CT molecular complexity index is 1080. The fraction of sp³-hybridized carbons (Fsp3) is 0.545. The highest BCUT2D eigenvalue weighted by Crippen LogP contribution is 2.38. The van der Waals surface area contributed by atoms with E-state index in [2.05, 4.69) is 26.1 Å². The van der Waals surface area contributed by atoms with Crippen LogP contribution in [0.2, 0.25) is 0 Å². The molecule has 31 heavy (non-hydrogen) atoms. The summed E-state index contributed by atoms with van der Waals surface area (Å²) < 4.78 is 22.3. The van der Waals surface area contributed by atoms with Crippen LogP contribution in [0.3, 0.4) is 0 Å². The van der Waals surface area contributed by atoms with Crippen LogP contribution in [0.1, 0.15) is 33.2 Å². The molecule has 4 rings (SSSR count). The molecule has 1 unspecified atom stereocenters. The van der Waals surface area contributed by atoms with E-state index in [-0.39, 0.29) is 29.5 Å². The van der Waals surface area contributed by atoms with E-state index in [4.69, 9.17) is 9.84 Å². The van der Waals surface area contributed by atoms with E-state index in [1.807, 2.05) is 0 Å². The lowest BCUT2D eigenvalue weighted by Gasteiger charge is -2.54. The lowest BCUT2D eigenvalue weighted by molar-refractivity contribution is -0.979. The van der Waals surface area contributed by atoms with Crippen LogP contribution in [0.4, 0.5) is 9.18 Å². The summed E-state index contributed by atoms with van der Waals surface area (Å²) in [4.78, 5) is 23.9. The Hall–Kier alpha value is -2.65. The maximum atomic E-state index is 14.4. The first-order valence-electron chi connectivity index (χ1n) is 10.5. The second kappa shape index (κ2) is 7.49. The lowest BCUT2D eigenvalue weighted by Crippen LogP contribution is -2.71. The molecule has 1 aromatic heterocycles. The molecule has 4 atom stereocenters. The number of quaternary nitrogens is 1. The maximum Gasteiger partial charge on any atom is 0.404 e. The second-order valence-corrected chi connectivity index (χ2v) is 9.64. The first-order valence-corrected chi connectivity index (χ1v) is 10.5. The molecule has 0 saturated carbocycles. The summed E-state index contributed by atoms with van der Waals surface area (Å²) in [7, 11) is 0. The molecule has 8 nitrogen and oxygen atoms in total. The molecule has 3 heterocycles. The van der Waals surface area contributed by atoms with Gasteiger partial charge < -0.3 is 24.7 Å². The molecule has 2 aliphatic rings. The molecule has 0 aliphatic carbocycles. The van der Waals surface area contributed by atoms with Gasteiger partial charge in [0, 0.05) is 17.9 Å². The molecule has 1 aromatic carbocycles. The Morgan fingerprint density at radius 2 is 2.03 bits per heavy atom. The van der Waals surface area contributed by atoms with Crippen LogP contribution in [0.25, 0.3) is 10.9 Å². The summed E-state index contributed by atoms with van der Waals surface area (Å²) >= 11 is 0. The number of rotatable bonds is 3. The number of aromatic nitrogens is 1. The van der Waals surface area contributed by atoms with Crippen LogP contribution in [-0.2, 0) is 0 Å². The third-order valence-electron chi connectivity index (χ3n) is 6.94. The number of hydrogen-bond donors (Lipinski definition) is 3. The monoisotopic (exact) mass is 434 g/mol. The first-order chi connectivity index (χ1) is 14.5. The van der Waals surface area contributed by atoms with Crippen molar-refractivity contribution in [2.75, 3.05) is 26.2 Å². The number of ether oxygens (including phenoxy) is 1. The van der Waals surface area contributed by atoms with Crippen molar-refractivity contribution in [3.8, 4) is 5.75 Å². The third-order valence-corrected chi connectivity index (χ3v) is 6.94. The molecule has 9 heteroatoms.